The zero-order valence-corrected chi connectivity index (χ0v) is 13.1. The molecule has 24 heavy (non-hydrogen) atoms. The number of amides is 2. The molecule has 124 valence electrons. The average molecular weight is 327 g/mol. The van der Waals surface area contributed by atoms with Gasteiger partial charge in [-0.25, -0.2) is 4.39 Å². The van der Waals surface area contributed by atoms with Gasteiger partial charge >= 0.3 is 0 Å². The third-order valence-corrected chi connectivity index (χ3v) is 4.09. The molecule has 5 nitrogen and oxygen atoms in total. The summed E-state index contributed by atoms with van der Waals surface area (Å²) in [5.74, 6) is -0.829. The van der Waals surface area contributed by atoms with E-state index in [4.69, 9.17) is 0 Å². The summed E-state index contributed by atoms with van der Waals surface area (Å²) >= 11 is 0. The van der Waals surface area contributed by atoms with Crippen molar-refractivity contribution < 1.29 is 14.0 Å². The van der Waals surface area contributed by atoms with Gasteiger partial charge in [0.25, 0.3) is 0 Å². The van der Waals surface area contributed by atoms with Crippen molar-refractivity contribution >= 4 is 11.8 Å². The monoisotopic (exact) mass is 327 g/mol. The van der Waals surface area contributed by atoms with Crippen LogP contribution in [0.15, 0.2) is 48.8 Å². The Bertz CT molecular complexity index is 719. The standard InChI is InChI=1S/C18H18FN3O2/c19-16-3-1-14(2-4-16)11-22-12-15(9-17(22)23)18(24)21-10-13-5-7-20-8-6-13/h1-8,15H,9-12H2,(H,21,24). The number of nitrogens with one attached hydrogen (secondary N) is 1. The van der Waals surface area contributed by atoms with E-state index in [1.54, 1.807) is 29.4 Å². The van der Waals surface area contributed by atoms with E-state index >= 15 is 0 Å². The van der Waals surface area contributed by atoms with Gasteiger partial charge in [0, 0.05) is 38.4 Å². The summed E-state index contributed by atoms with van der Waals surface area (Å²) in [6, 6.07) is 9.71. The largest absolute Gasteiger partial charge is 0.352 e. The lowest BCUT2D eigenvalue weighted by Crippen LogP contribution is -2.32. The van der Waals surface area contributed by atoms with E-state index < -0.39 is 0 Å². The molecule has 1 atom stereocenters. The molecule has 1 aliphatic heterocycles. The second-order valence-corrected chi connectivity index (χ2v) is 5.88. The van der Waals surface area contributed by atoms with Crippen molar-refractivity contribution in [1.29, 1.82) is 0 Å². The minimum atomic E-state index is -0.347. The van der Waals surface area contributed by atoms with Crippen LogP contribution in [0.25, 0.3) is 0 Å². The Morgan fingerprint density at radius 2 is 1.88 bits per heavy atom. The molecule has 1 N–H and O–H groups in total. The number of hydrogen-bond acceptors (Lipinski definition) is 3. The first kappa shape index (κ1) is 16.1. The molecule has 3 rings (SSSR count). The first-order chi connectivity index (χ1) is 11.6. The minimum Gasteiger partial charge on any atom is -0.352 e. The summed E-state index contributed by atoms with van der Waals surface area (Å²) in [6.45, 7) is 1.20. The van der Waals surface area contributed by atoms with Crippen molar-refractivity contribution in [3.8, 4) is 0 Å². The zero-order valence-electron chi connectivity index (χ0n) is 13.1. The fraction of sp³-hybridized carbons (Fsp3) is 0.278. The van der Waals surface area contributed by atoms with E-state index in [-0.39, 0.29) is 30.0 Å². The summed E-state index contributed by atoms with van der Waals surface area (Å²) in [5.41, 5.74) is 1.81. The third kappa shape index (κ3) is 3.95. The number of pyridine rings is 1. The Morgan fingerprint density at radius 1 is 1.17 bits per heavy atom. The van der Waals surface area contributed by atoms with Crippen LogP contribution < -0.4 is 5.32 Å². The van der Waals surface area contributed by atoms with Crippen molar-refractivity contribution in [3.63, 3.8) is 0 Å². The van der Waals surface area contributed by atoms with Gasteiger partial charge < -0.3 is 10.2 Å². The molecule has 0 bridgehead atoms. The number of aromatic nitrogens is 1. The number of rotatable bonds is 5. The maximum absolute atomic E-state index is 12.9. The lowest BCUT2D eigenvalue weighted by molar-refractivity contribution is -0.129. The van der Waals surface area contributed by atoms with Gasteiger partial charge in [0.2, 0.25) is 11.8 Å². The van der Waals surface area contributed by atoms with Crippen molar-refractivity contribution in [2.75, 3.05) is 6.54 Å². The minimum absolute atomic E-state index is 0.0524. The lowest BCUT2D eigenvalue weighted by Gasteiger charge is -2.16. The Hall–Kier alpha value is -2.76. The molecule has 1 saturated heterocycles. The highest BCUT2D eigenvalue weighted by atomic mass is 19.1. The quantitative estimate of drug-likeness (QED) is 0.912. The van der Waals surface area contributed by atoms with Crippen LogP contribution in [0.1, 0.15) is 17.5 Å². The van der Waals surface area contributed by atoms with Gasteiger partial charge in [-0.3, -0.25) is 14.6 Å². The normalized spacial score (nSPS) is 17.1. The molecule has 0 spiro atoms. The molecule has 1 fully saturated rings. The van der Waals surface area contributed by atoms with Crippen LogP contribution in [0.5, 0.6) is 0 Å². The van der Waals surface area contributed by atoms with Gasteiger partial charge in [0.05, 0.1) is 5.92 Å². The number of halogens is 1. The number of carbonyl (C=O) groups is 2. The fourth-order valence-corrected chi connectivity index (χ4v) is 2.74. The maximum Gasteiger partial charge on any atom is 0.225 e. The number of nitrogens with zero attached hydrogens (tertiary/aromatic N) is 2. The molecule has 2 heterocycles. The molecule has 2 aromatic rings. The second-order valence-electron chi connectivity index (χ2n) is 5.88. The molecular weight excluding hydrogens is 309 g/mol. The summed E-state index contributed by atoms with van der Waals surface area (Å²) in [5, 5.41) is 2.86. The summed E-state index contributed by atoms with van der Waals surface area (Å²) in [7, 11) is 0. The van der Waals surface area contributed by atoms with Gasteiger partial charge in [0.15, 0.2) is 0 Å². The van der Waals surface area contributed by atoms with Crippen LogP contribution in [-0.4, -0.2) is 28.2 Å². The van der Waals surface area contributed by atoms with Gasteiger partial charge in [-0.2, -0.15) is 0 Å². The van der Waals surface area contributed by atoms with E-state index in [2.05, 4.69) is 10.3 Å². The smallest absolute Gasteiger partial charge is 0.225 e. The first-order valence-electron chi connectivity index (χ1n) is 7.80. The predicted molar refractivity (Wildman–Crippen MR) is 86.0 cm³/mol. The molecule has 1 aliphatic rings. The van der Waals surface area contributed by atoms with Crippen molar-refractivity contribution in [3.05, 3.63) is 65.7 Å². The molecule has 1 aromatic carbocycles. The molecule has 2 amide bonds. The van der Waals surface area contributed by atoms with E-state index in [0.717, 1.165) is 11.1 Å². The lowest BCUT2D eigenvalue weighted by atomic mass is 10.1. The summed E-state index contributed by atoms with van der Waals surface area (Å²) in [4.78, 5) is 29.9. The van der Waals surface area contributed by atoms with E-state index in [1.165, 1.54) is 12.1 Å². The SMILES string of the molecule is O=C(NCc1ccncc1)C1CC(=O)N(Cc2ccc(F)cc2)C1. The van der Waals surface area contributed by atoms with Crippen molar-refractivity contribution in [2.45, 2.75) is 19.5 Å². The van der Waals surface area contributed by atoms with E-state index in [9.17, 15) is 14.0 Å². The highest BCUT2D eigenvalue weighted by Crippen LogP contribution is 2.20. The fourth-order valence-electron chi connectivity index (χ4n) is 2.74. The van der Waals surface area contributed by atoms with Gasteiger partial charge in [-0.05, 0) is 35.4 Å². The van der Waals surface area contributed by atoms with Crippen LogP contribution >= 0.6 is 0 Å². The Balaban J connectivity index is 1.53. The molecular formula is C18H18FN3O2. The third-order valence-electron chi connectivity index (χ3n) is 4.09. The first-order valence-corrected chi connectivity index (χ1v) is 7.80. The van der Waals surface area contributed by atoms with Gasteiger partial charge in [-0.1, -0.05) is 12.1 Å². The Labute approximate surface area is 139 Å². The molecule has 0 saturated carbocycles. The Morgan fingerprint density at radius 3 is 2.58 bits per heavy atom. The topological polar surface area (TPSA) is 62.3 Å². The number of likely N-dealkylation sites (tertiary alicyclic amines) is 1. The highest BCUT2D eigenvalue weighted by molar-refractivity contribution is 5.89. The zero-order chi connectivity index (χ0) is 16.9. The molecule has 0 radical (unpaired) electrons. The van der Waals surface area contributed by atoms with Crippen LogP contribution in [0, 0.1) is 11.7 Å². The molecule has 1 unspecified atom stereocenters. The summed E-state index contributed by atoms with van der Waals surface area (Å²) < 4.78 is 12.9. The second kappa shape index (κ2) is 7.21. The van der Waals surface area contributed by atoms with Crippen LogP contribution in [-0.2, 0) is 22.7 Å². The van der Waals surface area contributed by atoms with E-state index in [0.29, 0.717) is 19.6 Å². The average Bonchev–Trinajstić information content (AvgIpc) is 2.96. The van der Waals surface area contributed by atoms with Crippen LogP contribution in [0.3, 0.4) is 0 Å². The van der Waals surface area contributed by atoms with Crippen LogP contribution in [0.2, 0.25) is 0 Å². The number of benzene rings is 1. The highest BCUT2D eigenvalue weighted by Gasteiger charge is 2.34. The molecule has 0 aliphatic carbocycles. The number of hydrogen-bond donors (Lipinski definition) is 1. The predicted octanol–water partition coefficient (Wildman–Crippen LogP) is 1.89. The maximum atomic E-state index is 12.9. The van der Waals surface area contributed by atoms with Gasteiger partial charge in [0.1, 0.15) is 5.82 Å². The molecule has 6 heteroatoms. The van der Waals surface area contributed by atoms with Crippen LogP contribution in [0.4, 0.5) is 4.39 Å². The van der Waals surface area contributed by atoms with Crippen molar-refractivity contribution in [1.82, 2.24) is 15.2 Å². The molecule has 1 aromatic heterocycles. The summed E-state index contributed by atoms with van der Waals surface area (Å²) in [6.07, 6.45) is 3.55. The van der Waals surface area contributed by atoms with Gasteiger partial charge in [-0.15, -0.1) is 0 Å². The van der Waals surface area contributed by atoms with E-state index in [1.807, 2.05) is 12.1 Å². The van der Waals surface area contributed by atoms with Crippen molar-refractivity contribution in [2.24, 2.45) is 5.92 Å². The number of carbonyl (C=O) groups excluding carboxylic acids is 2. The Kier molecular flexibility index (Phi) is 4.84.